The Morgan fingerprint density at radius 1 is 1.26 bits per heavy atom. The zero-order valence-corrected chi connectivity index (χ0v) is 12.5. The first-order valence-corrected chi connectivity index (χ1v) is 6.51. The molecule has 0 aliphatic carbocycles. The number of nitrogens with zero attached hydrogens (tertiary/aromatic N) is 1. The molecule has 1 aromatic rings. The Morgan fingerprint density at radius 2 is 2.00 bits per heavy atom. The van der Waals surface area contributed by atoms with Gasteiger partial charge < -0.3 is 5.32 Å². The summed E-state index contributed by atoms with van der Waals surface area (Å²) in [4.78, 5) is 0. The van der Waals surface area contributed by atoms with E-state index >= 15 is 0 Å². The Morgan fingerprint density at radius 3 is 2.68 bits per heavy atom. The number of hydrogen-bond donors (Lipinski definition) is 1. The Balaban J connectivity index is 0.000000902. The van der Waals surface area contributed by atoms with Crippen molar-refractivity contribution in [3.8, 4) is 6.07 Å². The normalized spacial score (nSPS) is 31.7. The molecule has 104 valence electrons. The van der Waals surface area contributed by atoms with Crippen LogP contribution in [0.25, 0.3) is 0 Å². The van der Waals surface area contributed by atoms with Crippen molar-refractivity contribution in [3.63, 3.8) is 0 Å². The van der Waals surface area contributed by atoms with Gasteiger partial charge in [0.1, 0.15) is 0 Å². The molecule has 4 heteroatoms. The van der Waals surface area contributed by atoms with E-state index in [0.29, 0.717) is 6.04 Å². The van der Waals surface area contributed by atoms with Gasteiger partial charge in [0, 0.05) is 17.5 Å². The fourth-order valence-corrected chi connectivity index (χ4v) is 3.56. The lowest BCUT2D eigenvalue weighted by Crippen LogP contribution is -2.50. The van der Waals surface area contributed by atoms with Gasteiger partial charge in [0.2, 0.25) is 0 Å². The summed E-state index contributed by atoms with van der Waals surface area (Å²) in [6.45, 7) is 0. The second-order valence-electron chi connectivity index (χ2n) is 5.59. The van der Waals surface area contributed by atoms with Crippen LogP contribution < -0.4 is 5.32 Å². The van der Waals surface area contributed by atoms with E-state index < -0.39 is 0 Å². The van der Waals surface area contributed by atoms with E-state index in [1.807, 2.05) is 0 Å². The molecule has 2 aliphatic rings. The molecule has 0 aromatic heterocycles. The largest absolute Gasteiger partial charge is 0.308 e. The average molecular weight is 299 g/mol. The van der Waals surface area contributed by atoms with E-state index in [4.69, 9.17) is 5.26 Å². The van der Waals surface area contributed by atoms with E-state index in [2.05, 4.69) is 41.7 Å². The number of nitriles is 1. The number of rotatable bonds is 2. The lowest BCUT2D eigenvalue weighted by molar-refractivity contribution is 0.238. The van der Waals surface area contributed by atoms with Crippen molar-refractivity contribution in [2.24, 2.45) is 5.92 Å². The highest BCUT2D eigenvalue weighted by molar-refractivity contribution is 5.85. The predicted molar refractivity (Wildman–Crippen MR) is 81.9 cm³/mol. The quantitative estimate of drug-likeness (QED) is 0.907. The van der Waals surface area contributed by atoms with Crippen LogP contribution in [0, 0.1) is 17.2 Å². The van der Waals surface area contributed by atoms with Crippen LogP contribution in [0.3, 0.4) is 0 Å². The molecular formula is C15H20Cl2N2. The van der Waals surface area contributed by atoms with Crippen molar-refractivity contribution in [3.05, 3.63) is 35.9 Å². The van der Waals surface area contributed by atoms with Crippen molar-refractivity contribution in [2.45, 2.75) is 43.7 Å². The van der Waals surface area contributed by atoms with Crippen LogP contribution in [-0.4, -0.2) is 11.6 Å². The monoisotopic (exact) mass is 298 g/mol. The van der Waals surface area contributed by atoms with Crippen LogP contribution in [-0.2, 0) is 6.42 Å². The van der Waals surface area contributed by atoms with E-state index in [1.165, 1.54) is 18.4 Å². The second kappa shape index (κ2) is 6.61. The van der Waals surface area contributed by atoms with Gasteiger partial charge in [-0.05, 0) is 37.7 Å². The van der Waals surface area contributed by atoms with Gasteiger partial charge in [-0.3, -0.25) is 0 Å². The van der Waals surface area contributed by atoms with E-state index in [9.17, 15) is 0 Å². The molecule has 3 rings (SSSR count). The molecule has 2 fully saturated rings. The lowest BCUT2D eigenvalue weighted by atomic mass is 9.80. The first-order chi connectivity index (χ1) is 8.30. The smallest absolute Gasteiger partial charge is 0.0657 e. The molecule has 1 N–H and O–H groups in total. The molecule has 3 unspecified atom stereocenters. The van der Waals surface area contributed by atoms with Crippen molar-refractivity contribution in [1.29, 1.82) is 5.26 Å². The van der Waals surface area contributed by atoms with Crippen molar-refractivity contribution in [2.75, 3.05) is 0 Å². The first kappa shape index (κ1) is 16.3. The Labute approximate surface area is 127 Å². The van der Waals surface area contributed by atoms with Gasteiger partial charge in [-0.1, -0.05) is 30.3 Å². The van der Waals surface area contributed by atoms with Crippen LogP contribution >= 0.6 is 24.8 Å². The number of fused-ring (bicyclic) bond motifs is 2. The summed E-state index contributed by atoms with van der Waals surface area (Å²) in [5, 5.41) is 12.9. The van der Waals surface area contributed by atoms with Gasteiger partial charge in [-0.25, -0.2) is 0 Å². The minimum absolute atomic E-state index is 0. The molecule has 19 heavy (non-hydrogen) atoms. The summed E-state index contributed by atoms with van der Waals surface area (Å²) in [5.74, 6) is 0.257. The Bertz CT molecular complexity index is 443. The van der Waals surface area contributed by atoms with E-state index in [-0.39, 0.29) is 36.3 Å². The summed E-state index contributed by atoms with van der Waals surface area (Å²) >= 11 is 0. The van der Waals surface area contributed by atoms with Gasteiger partial charge in [0.15, 0.2) is 0 Å². The van der Waals surface area contributed by atoms with E-state index in [0.717, 1.165) is 19.3 Å². The lowest BCUT2D eigenvalue weighted by Gasteiger charge is -2.37. The van der Waals surface area contributed by atoms with E-state index in [1.54, 1.807) is 0 Å². The van der Waals surface area contributed by atoms with Crippen molar-refractivity contribution in [1.82, 2.24) is 5.32 Å². The molecule has 2 saturated heterocycles. The van der Waals surface area contributed by atoms with Gasteiger partial charge in [0.05, 0.1) is 6.07 Å². The fraction of sp³-hybridized carbons (Fsp3) is 0.533. The third kappa shape index (κ3) is 3.42. The molecule has 2 bridgehead atoms. The molecule has 2 heterocycles. The molecule has 2 nitrogen and oxygen atoms in total. The van der Waals surface area contributed by atoms with Gasteiger partial charge >= 0.3 is 0 Å². The molecule has 0 saturated carbocycles. The molecule has 0 amide bonds. The summed E-state index contributed by atoms with van der Waals surface area (Å²) < 4.78 is 0. The van der Waals surface area contributed by atoms with Gasteiger partial charge in [-0.15, -0.1) is 24.8 Å². The zero-order valence-electron chi connectivity index (χ0n) is 10.8. The summed E-state index contributed by atoms with van der Waals surface area (Å²) in [6.07, 6.45) is 5.61. The number of nitrogens with one attached hydrogen (secondary N) is 1. The van der Waals surface area contributed by atoms with Crippen LogP contribution in [0.15, 0.2) is 30.3 Å². The van der Waals surface area contributed by atoms with Crippen molar-refractivity contribution < 1.29 is 0 Å². The Hall–Kier alpha value is -0.750. The summed E-state index contributed by atoms with van der Waals surface area (Å²) in [7, 11) is 0. The maximum absolute atomic E-state index is 9.16. The predicted octanol–water partition coefficient (Wildman–Crippen LogP) is 3.50. The standard InChI is InChI=1S/C15H18N2.2ClH/c16-11-13-8-14-6-7-15(10-13,17-14)9-12-4-2-1-3-5-12;;/h1-5,13-14,17H,6-10H2;2*1H. The summed E-state index contributed by atoms with van der Waals surface area (Å²) in [6, 6.07) is 13.7. The van der Waals surface area contributed by atoms with Crippen LogP contribution in [0.5, 0.6) is 0 Å². The average Bonchev–Trinajstić information content (AvgIpc) is 2.65. The maximum Gasteiger partial charge on any atom is 0.0657 e. The number of piperidine rings is 1. The number of hydrogen-bond acceptors (Lipinski definition) is 2. The molecule has 1 aromatic carbocycles. The van der Waals surface area contributed by atoms with Crippen LogP contribution in [0.1, 0.15) is 31.2 Å². The fourth-order valence-electron chi connectivity index (χ4n) is 3.56. The first-order valence-electron chi connectivity index (χ1n) is 6.51. The molecular weight excluding hydrogens is 279 g/mol. The third-order valence-corrected chi connectivity index (χ3v) is 4.26. The molecule has 0 radical (unpaired) electrons. The molecule has 3 atom stereocenters. The van der Waals surface area contributed by atoms with Gasteiger partial charge in [0.25, 0.3) is 0 Å². The third-order valence-electron chi connectivity index (χ3n) is 4.26. The SMILES string of the molecule is Cl.Cl.N#CC1CC2CCC(Cc3ccccc3)(C1)N2. The minimum Gasteiger partial charge on any atom is -0.308 e. The Kier molecular flexibility index (Phi) is 5.67. The van der Waals surface area contributed by atoms with Gasteiger partial charge in [-0.2, -0.15) is 5.26 Å². The summed E-state index contributed by atoms with van der Waals surface area (Å²) in [5.41, 5.74) is 1.59. The highest BCUT2D eigenvalue weighted by Crippen LogP contribution is 2.40. The second-order valence-corrected chi connectivity index (χ2v) is 5.59. The number of benzene rings is 1. The molecule has 0 spiro atoms. The van der Waals surface area contributed by atoms with Crippen molar-refractivity contribution >= 4 is 24.8 Å². The van der Waals surface area contributed by atoms with Crippen LogP contribution in [0.4, 0.5) is 0 Å². The zero-order chi connectivity index (χ0) is 11.7. The maximum atomic E-state index is 9.16. The van der Waals surface area contributed by atoms with Crippen LogP contribution in [0.2, 0.25) is 0 Å². The topological polar surface area (TPSA) is 35.8 Å². The minimum atomic E-state index is 0. The highest BCUT2D eigenvalue weighted by atomic mass is 35.5. The molecule has 2 aliphatic heterocycles. The number of halogens is 2. The highest BCUT2D eigenvalue weighted by Gasteiger charge is 2.44.